The van der Waals surface area contributed by atoms with Gasteiger partial charge in [0.05, 0.1) is 12.3 Å². The van der Waals surface area contributed by atoms with E-state index >= 15 is 0 Å². The van der Waals surface area contributed by atoms with Crippen molar-refractivity contribution in [2.45, 2.75) is 26.7 Å². The number of halogens is 2. The second kappa shape index (κ2) is 9.54. The van der Waals surface area contributed by atoms with E-state index in [1.807, 2.05) is 55.6 Å². The molecule has 0 saturated heterocycles. The van der Waals surface area contributed by atoms with E-state index in [-0.39, 0.29) is 5.91 Å². The van der Waals surface area contributed by atoms with Crippen molar-refractivity contribution >= 4 is 49.9 Å². The fourth-order valence-electron chi connectivity index (χ4n) is 2.68. The van der Waals surface area contributed by atoms with Crippen LogP contribution in [0.25, 0.3) is 11.3 Å². The van der Waals surface area contributed by atoms with Crippen molar-refractivity contribution in [2.24, 2.45) is 0 Å². The largest absolute Gasteiger partial charge is 0.494 e. The summed E-state index contributed by atoms with van der Waals surface area (Å²) in [4.78, 5) is 16.6. The van der Waals surface area contributed by atoms with E-state index in [0.29, 0.717) is 24.6 Å². The number of thiazole rings is 1. The Balaban J connectivity index is 1.45. The van der Waals surface area contributed by atoms with Crippen LogP contribution in [-0.4, -0.2) is 17.5 Å². The van der Waals surface area contributed by atoms with Gasteiger partial charge in [-0.1, -0.05) is 39.7 Å². The number of aryl methyl sites for hydroxylation is 2. The Hall–Kier alpha value is -1.89. The Morgan fingerprint density at radius 2 is 1.89 bits per heavy atom. The molecule has 1 amide bonds. The molecule has 1 N–H and O–H groups in total. The smallest absolute Gasteiger partial charge is 0.226 e. The maximum absolute atomic E-state index is 12.1. The minimum Gasteiger partial charge on any atom is -0.494 e. The Kier molecular flexibility index (Phi) is 7.10. The molecule has 0 saturated carbocycles. The number of amides is 1. The third-order valence-electron chi connectivity index (χ3n) is 4.12. The number of anilines is 1. The van der Waals surface area contributed by atoms with E-state index in [1.165, 1.54) is 11.3 Å². The summed E-state index contributed by atoms with van der Waals surface area (Å²) >= 11 is 11.0. The zero-order valence-electron chi connectivity index (χ0n) is 15.6. The summed E-state index contributed by atoms with van der Waals surface area (Å²) in [5, 5.41) is 6.16. The van der Waals surface area contributed by atoms with Crippen LogP contribution < -0.4 is 10.1 Å². The molecule has 0 radical (unpaired) electrons. The van der Waals surface area contributed by atoms with Crippen LogP contribution in [0, 0.1) is 13.8 Å². The number of carbonyl (C=O) groups excluding carboxylic acids is 1. The summed E-state index contributed by atoms with van der Waals surface area (Å²) in [6, 6.07) is 11.7. The molecule has 3 aromatic rings. The molecule has 28 heavy (non-hydrogen) atoms. The van der Waals surface area contributed by atoms with Crippen LogP contribution in [0.4, 0.5) is 5.13 Å². The molecule has 4 nitrogen and oxygen atoms in total. The zero-order chi connectivity index (χ0) is 20.1. The van der Waals surface area contributed by atoms with Crippen molar-refractivity contribution in [1.82, 2.24) is 4.98 Å². The van der Waals surface area contributed by atoms with Crippen molar-refractivity contribution in [2.75, 3.05) is 11.9 Å². The average Bonchev–Trinajstić information content (AvgIpc) is 3.12. The molecule has 0 spiro atoms. The summed E-state index contributed by atoms with van der Waals surface area (Å²) in [6.07, 6.45) is 0.996. The molecular formula is C21H20BrClN2O2S. The number of carbonyl (C=O) groups is 1. The molecule has 2 aromatic carbocycles. The summed E-state index contributed by atoms with van der Waals surface area (Å²) in [5.74, 6) is 0.711. The molecule has 3 rings (SSSR count). The molecular weight excluding hydrogens is 460 g/mol. The van der Waals surface area contributed by atoms with Gasteiger partial charge in [-0.15, -0.1) is 11.3 Å². The van der Waals surface area contributed by atoms with Crippen LogP contribution in [0.5, 0.6) is 5.75 Å². The number of nitrogens with zero attached hydrogens (tertiary/aromatic N) is 1. The Bertz CT molecular complexity index is 950. The van der Waals surface area contributed by atoms with Gasteiger partial charge in [-0.25, -0.2) is 4.98 Å². The van der Waals surface area contributed by atoms with Crippen LogP contribution in [0.3, 0.4) is 0 Å². The minimum atomic E-state index is -0.0660. The number of ether oxygens (including phenoxy) is 1. The molecule has 0 aliphatic rings. The number of rotatable bonds is 7. The first kappa shape index (κ1) is 20.8. The standard InChI is InChI=1S/C21H20BrClN2O2S/c1-13-10-17(11-14(2)20(13)23)27-9-3-4-19(26)25-21-24-18(12-28-21)15-5-7-16(22)8-6-15/h5-8,10-12H,3-4,9H2,1-2H3,(H,24,25,26). The van der Waals surface area contributed by atoms with Crippen molar-refractivity contribution in [3.8, 4) is 17.0 Å². The van der Waals surface area contributed by atoms with E-state index in [2.05, 4.69) is 26.2 Å². The monoisotopic (exact) mass is 478 g/mol. The second-order valence-corrected chi connectivity index (χ2v) is 8.57. The summed E-state index contributed by atoms with van der Waals surface area (Å²) in [6.45, 7) is 4.37. The number of nitrogens with one attached hydrogen (secondary N) is 1. The summed E-state index contributed by atoms with van der Waals surface area (Å²) in [5.41, 5.74) is 3.84. The van der Waals surface area contributed by atoms with Crippen molar-refractivity contribution in [3.05, 3.63) is 62.4 Å². The van der Waals surface area contributed by atoms with E-state index in [4.69, 9.17) is 16.3 Å². The predicted octanol–water partition coefficient (Wildman–Crippen LogP) is 6.64. The van der Waals surface area contributed by atoms with E-state index in [9.17, 15) is 4.79 Å². The highest BCUT2D eigenvalue weighted by Gasteiger charge is 2.09. The normalized spacial score (nSPS) is 10.7. The van der Waals surface area contributed by atoms with Crippen LogP contribution in [-0.2, 0) is 4.79 Å². The molecule has 146 valence electrons. The number of hydrogen-bond acceptors (Lipinski definition) is 4. The quantitative estimate of drug-likeness (QED) is 0.386. The zero-order valence-corrected chi connectivity index (χ0v) is 18.7. The van der Waals surface area contributed by atoms with Crippen molar-refractivity contribution in [1.29, 1.82) is 0 Å². The minimum absolute atomic E-state index is 0.0660. The maximum atomic E-state index is 12.1. The van der Waals surface area contributed by atoms with Gasteiger partial charge in [0.1, 0.15) is 5.75 Å². The lowest BCUT2D eigenvalue weighted by Gasteiger charge is -2.09. The van der Waals surface area contributed by atoms with E-state index in [1.54, 1.807) is 0 Å². The maximum Gasteiger partial charge on any atom is 0.226 e. The molecule has 0 aliphatic heterocycles. The first-order chi connectivity index (χ1) is 13.4. The fourth-order valence-corrected chi connectivity index (χ4v) is 3.79. The van der Waals surface area contributed by atoms with Crippen LogP contribution in [0.2, 0.25) is 5.02 Å². The lowest BCUT2D eigenvalue weighted by atomic mass is 10.1. The Morgan fingerprint density at radius 3 is 2.57 bits per heavy atom. The van der Waals surface area contributed by atoms with Crippen LogP contribution in [0.15, 0.2) is 46.3 Å². The van der Waals surface area contributed by atoms with Crippen molar-refractivity contribution in [3.63, 3.8) is 0 Å². The first-order valence-corrected chi connectivity index (χ1v) is 10.9. The lowest BCUT2D eigenvalue weighted by molar-refractivity contribution is -0.116. The van der Waals surface area contributed by atoms with E-state index in [0.717, 1.165) is 37.6 Å². The van der Waals surface area contributed by atoms with E-state index < -0.39 is 0 Å². The lowest BCUT2D eigenvalue weighted by Crippen LogP contribution is -2.12. The highest BCUT2D eigenvalue weighted by Crippen LogP contribution is 2.27. The predicted molar refractivity (Wildman–Crippen MR) is 120 cm³/mol. The van der Waals surface area contributed by atoms with Gasteiger partial charge >= 0.3 is 0 Å². The Labute approximate surface area is 182 Å². The highest BCUT2D eigenvalue weighted by atomic mass is 79.9. The van der Waals surface area contributed by atoms with Gasteiger partial charge in [0.2, 0.25) is 5.91 Å². The van der Waals surface area contributed by atoms with Gasteiger partial charge in [-0.2, -0.15) is 0 Å². The fraction of sp³-hybridized carbons (Fsp3) is 0.238. The molecule has 0 fully saturated rings. The topological polar surface area (TPSA) is 51.2 Å². The van der Waals surface area contributed by atoms with Gasteiger partial charge in [-0.3, -0.25) is 4.79 Å². The third-order valence-corrected chi connectivity index (χ3v) is 6.00. The summed E-state index contributed by atoms with van der Waals surface area (Å²) < 4.78 is 6.76. The SMILES string of the molecule is Cc1cc(OCCCC(=O)Nc2nc(-c3ccc(Br)cc3)cs2)cc(C)c1Cl. The number of aromatic nitrogens is 1. The molecule has 0 bridgehead atoms. The van der Waals surface area contributed by atoms with Crippen LogP contribution in [0.1, 0.15) is 24.0 Å². The molecule has 7 heteroatoms. The first-order valence-electron chi connectivity index (χ1n) is 8.83. The molecule has 0 atom stereocenters. The number of benzene rings is 2. The van der Waals surface area contributed by atoms with Gasteiger partial charge < -0.3 is 10.1 Å². The Morgan fingerprint density at radius 1 is 1.21 bits per heavy atom. The third kappa shape index (κ3) is 5.56. The average molecular weight is 480 g/mol. The molecule has 1 aromatic heterocycles. The van der Waals surface area contributed by atoms with Gasteiger partial charge in [0.15, 0.2) is 5.13 Å². The van der Waals surface area contributed by atoms with Gasteiger partial charge in [0.25, 0.3) is 0 Å². The molecule has 0 aliphatic carbocycles. The molecule has 0 unspecified atom stereocenters. The second-order valence-electron chi connectivity index (χ2n) is 6.42. The summed E-state index contributed by atoms with van der Waals surface area (Å²) in [7, 11) is 0. The van der Waals surface area contributed by atoms with Gasteiger partial charge in [0, 0.05) is 26.9 Å². The van der Waals surface area contributed by atoms with Crippen LogP contribution >= 0.6 is 38.9 Å². The number of hydrogen-bond donors (Lipinski definition) is 1. The molecule has 1 heterocycles. The highest BCUT2D eigenvalue weighted by molar-refractivity contribution is 9.10. The van der Waals surface area contributed by atoms with Crippen molar-refractivity contribution < 1.29 is 9.53 Å². The van der Waals surface area contributed by atoms with Gasteiger partial charge in [-0.05, 0) is 55.7 Å².